The molecular weight excluding hydrogens is 252 g/mol. The number of aromatic nitrogens is 2. The Hall–Kier alpha value is -2.62. The van der Waals surface area contributed by atoms with Gasteiger partial charge in [-0.05, 0) is 12.1 Å². The minimum Gasteiger partial charge on any atom is -0.496 e. The summed E-state index contributed by atoms with van der Waals surface area (Å²) in [5.41, 5.74) is 0.842. The number of hydrogen-bond donors (Lipinski definition) is 0. The SMILES string of the molecule is COc1ccccc1Cn1ncc2ccccc2c1=O. The van der Waals surface area contributed by atoms with Crippen LogP contribution in [0.1, 0.15) is 5.56 Å². The van der Waals surface area contributed by atoms with Gasteiger partial charge in [-0.3, -0.25) is 4.79 Å². The number of ether oxygens (including phenoxy) is 1. The normalized spacial score (nSPS) is 10.7. The molecule has 0 amide bonds. The van der Waals surface area contributed by atoms with Crippen molar-refractivity contribution in [3.8, 4) is 5.75 Å². The minimum absolute atomic E-state index is 0.0889. The topological polar surface area (TPSA) is 44.1 Å². The highest BCUT2D eigenvalue weighted by atomic mass is 16.5. The molecule has 0 saturated heterocycles. The van der Waals surface area contributed by atoms with Crippen LogP contribution in [0.25, 0.3) is 10.8 Å². The predicted molar refractivity (Wildman–Crippen MR) is 78.1 cm³/mol. The van der Waals surface area contributed by atoms with Gasteiger partial charge >= 0.3 is 0 Å². The van der Waals surface area contributed by atoms with E-state index in [9.17, 15) is 4.79 Å². The number of rotatable bonds is 3. The molecule has 0 aliphatic rings. The molecule has 0 N–H and O–H groups in total. The molecule has 0 aliphatic heterocycles. The van der Waals surface area contributed by atoms with E-state index in [1.165, 1.54) is 4.68 Å². The maximum atomic E-state index is 12.4. The number of para-hydroxylation sites is 1. The van der Waals surface area contributed by atoms with Crippen LogP contribution in [0.15, 0.2) is 59.5 Å². The van der Waals surface area contributed by atoms with Crippen molar-refractivity contribution in [1.29, 1.82) is 0 Å². The molecule has 1 aromatic heterocycles. The summed E-state index contributed by atoms with van der Waals surface area (Å²) in [6.07, 6.45) is 1.71. The van der Waals surface area contributed by atoms with Gasteiger partial charge in [0.2, 0.25) is 0 Å². The summed E-state index contributed by atoms with van der Waals surface area (Å²) in [6, 6.07) is 15.1. The summed E-state index contributed by atoms with van der Waals surface area (Å²) >= 11 is 0. The van der Waals surface area contributed by atoms with Gasteiger partial charge in [-0.15, -0.1) is 0 Å². The first-order chi connectivity index (χ1) is 9.79. The largest absolute Gasteiger partial charge is 0.496 e. The van der Waals surface area contributed by atoms with E-state index >= 15 is 0 Å². The Morgan fingerprint density at radius 1 is 1.10 bits per heavy atom. The summed E-state index contributed by atoms with van der Waals surface area (Å²) in [7, 11) is 1.62. The van der Waals surface area contributed by atoms with Crippen LogP contribution in [0.4, 0.5) is 0 Å². The lowest BCUT2D eigenvalue weighted by molar-refractivity contribution is 0.407. The zero-order valence-electron chi connectivity index (χ0n) is 11.1. The van der Waals surface area contributed by atoms with Gasteiger partial charge in [0.05, 0.1) is 25.2 Å². The van der Waals surface area contributed by atoms with Crippen LogP contribution in [0.5, 0.6) is 5.75 Å². The van der Waals surface area contributed by atoms with Gasteiger partial charge in [-0.1, -0.05) is 36.4 Å². The maximum absolute atomic E-state index is 12.4. The van der Waals surface area contributed by atoms with E-state index in [1.807, 2.05) is 48.5 Å². The van der Waals surface area contributed by atoms with Crippen LogP contribution >= 0.6 is 0 Å². The highest BCUT2D eigenvalue weighted by Gasteiger charge is 2.07. The molecule has 3 aromatic rings. The molecular formula is C16H14N2O2. The van der Waals surface area contributed by atoms with Crippen molar-refractivity contribution in [2.24, 2.45) is 0 Å². The molecule has 4 heteroatoms. The van der Waals surface area contributed by atoms with E-state index < -0.39 is 0 Å². The van der Waals surface area contributed by atoms with Gasteiger partial charge < -0.3 is 4.74 Å². The van der Waals surface area contributed by atoms with E-state index in [2.05, 4.69) is 5.10 Å². The first kappa shape index (κ1) is 12.4. The predicted octanol–water partition coefficient (Wildman–Crippen LogP) is 2.45. The fraction of sp³-hybridized carbons (Fsp3) is 0.125. The zero-order chi connectivity index (χ0) is 13.9. The molecule has 0 aliphatic carbocycles. The third-order valence-electron chi connectivity index (χ3n) is 3.27. The summed E-state index contributed by atoms with van der Waals surface area (Å²) in [5, 5.41) is 5.76. The molecule has 4 nitrogen and oxygen atoms in total. The Balaban J connectivity index is 2.07. The minimum atomic E-state index is -0.0889. The quantitative estimate of drug-likeness (QED) is 0.731. The van der Waals surface area contributed by atoms with E-state index in [0.717, 1.165) is 16.7 Å². The molecule has 0 saturated carbocycles. The fourth-order valence-electron chi connectivity index (χ4n) is 2.24. The summed E-state index contributed by atoms with van der Waals surface area (Å²) in [6.45, 7) is 0.397. The fourth-order valence-corrected chi connectivity index (χ4v) is 2.24. The zero-order valence-corrected chi connectivity index (χ0v) is 11.1. The lowest BCUT2D eigenvalue weighted by atomic mass is 10.2. The van der Waals surface area contributed by atoms with E-state index in [0.29, 0.717) is 11.9 Å². The van der Waals surface area contributed by atoms with Crippen LogP contribution in [-0.2, 0) is 6.54 Å². The molecule has 1 heterocycles. The highest BCUT2D eigenvalue weighted by Crippen LogP contribution is 2.17. The average molecular weight is 266 g/mol. The molecule has 0 unspecified atom stereocenters. The smallest absolute Gasteiger partial charge is 0.274 e. The summed E-state index contributed by atoms with van der Waals surface area (Å²) < 4.78 is 6.76. The third-order valence-corrected chi connectivity index (χ3v) is 3.27. The Morgan fingerprint density at radius 2 is 1.85 bits per heavy atom. The molecule has 0 radical (unpaired) electrons. The molecule has 100 valence electrons. The lowest BCUT2D eigenvalue weighted by Gasteiger charge is -2.09. The number of hydrogen-bond acceptors (Lipinski definition) is 3. The van der Waals surface area contributed by atoms with E-state index in [-0.39, 0.29) is 5.56 Å². The highest BCUT2D eigenvalue weighted by molar-refractivity contribution is 5.80. The van der Waals surface area contributed by atoms with Crippen LogP contribution < -0.4 is 10.3 Å². The second-order valence-electron chi connectivity index (χ2n) is 4.51. The van der Waals surface area contributed by atoms with Crippen molar-refractivity contribution in [1.82, 2.24) is 9.78 Å². The molecule has 0 fully saturated rings. The number of fused-ring (bicyclic) bond motifs is 1. The van der Waals surface area contributed by atoms with Crippen LogP contribution in [0.2, 0.25) is 0 Å². The van der Waals surface area contributed by atoms with Crippen molar-refractivity contribution in [3.63, 3.8) is 0 Å². The van der Waals surface area contributed by atoms with Crippen LogP contribution in [-0.4, -0.2) is 16.9 Å². The second kappa shape index (κ2) is 5.17. The standard InChI is InChI=1S/C16H14N2O2/c1-20-15-9-5-3-7-13(15)11-18-16(19)14-8-4-2-6-12(14)10-17-18/h2-10H,11H2,1H3. The van der Waals surface area contributed by atoms with Gasteiger partial charge in [0.25, 0.3) is 5.56 Å². The molecule has 0 spiro atoms. The Bertz CT molecular complexity index is 809. The van der Waals surface area contributed by atoms with E-state index in [4.69, 9.17) is 4.74 Å². The van der Waals surface area contributed by atoms with Crippen molar-refractivity contribution in [2.45, 2.75) is 6.54 Å². The first-order valence-electron chi connectivity index (χ1n) is 6.36. The molecule has 0 bridgehead atoms. The Kier molecular flexibility index (Phi) is 3.21. The lowest BCUT2D eigenvalue weighted by Crippen LogP contribution is -2.23. The van der Waals surface area contributed by atoms with Crippen molar-refractivity contribution in [3.05, 3.63) is 70.6 Å². The Labute approximate surface area is 116 Å². The van der Waals surface area contributed by atoms with Gasteiger partial charge in [0.1, 0.15) is 5.75 Å². The van der Waals surface area contributed by atoms with Crippen molar-refractivity contribution >= 4 is 10.8 Å². The van der Waals surface area contributed by atoms with E-state index in [1.54, 1.807) is 13.3 Å². The number of nitrogens with zero attached hydrogens (tertiary/aromatic N) is 2. The van der Waals surface area contributed by atoms with Gasteiger partial charge in [0, 0.05) is 10.9 Å². The molecule has 2 aromatic carbocycles. The first-order valence-corrected chi connectivity index (χ1v) is 6.36. The van der Waals surface area contributed by atoms with Gasteiger partial charge in [0.15, 0.2) is 0 Å². The number of methoxy groups -OCH3 is 1. The summed E-state index contributed by atoms with van der Waals surface area (Å²) in [5.74, 6) is 0.759. The third kappa shape index (κ3) is 2.16. The van der Waals surface area contributed by atoms with Gasteiger partial charge in [-0.2, -0.15) is 5.10 Å². The molecule has 0 atom stereocenters. The molecule has 3 rings (SSSR count). The maximum Gasteiger partial charge on any atom is 0.274 e. The van der Waals surface area contributed by atoms with Gasteiger partial charge in [-0.25, -0.2) is 4.68 Å². The number of benzene rings is 2. The average Bonchev–Trinajstić information content (AvgIpc) is 2.51. The Morgan fingerprint density at radius 3 is 2.70 bits per heavy atom. The molecule has 20 heavy (non-hydrogen) atoms. The monoisotopic (exact) mass is 266 g/mol. The second-order valence-corrected chi connectivity index (χ2v) is 4.51. The van der Waals surface area contributed by atoms with Crippen LogP contribution in [0, 0.1) is 0 Å². The van der Waals surface area contributed by atoms with Crippen molar-refractivity contribution in [2.75, 3.05) is 7.11 Å². The summed E-state index contributed by atoms with van der Waals surface area (Å²) in [4.78, 5) is 12.4. The van der Waals surface area contributed by atoms with Crippen LogP contribution in [0.3, 0.4) is 0 Å². The van der Waals surface area contributed by atoms with Crippen molar-refractivity contribution < 1.29 is 4.74 Å².